The Morgan fingerprint density at radius 1 is 1.45 bits per heavy atom. The van der Waals surface area contributed by atoms with Crippen LogP contribution in [0.25, 0.3) is 5.57 Å². The van der Waals surface area contributed by atoms with Crippen LogP contribution in [0.5, 0.6) is 0 Å². The van der Waals surface area contributed by atoms with Crippen molar-refractivity contribution in [2.45, 2.75) is 13.8 Å². The van der Waals surface area contributed by atoms with Gasteiger partial charge in [-0.15, -0.1) is 0 Å². The number of aryl methyl sites for hydroxylation is 1. The van der Waals surface area contributed by atoms with Crippen LogP contribution in [0, 0.1) is 12.7 Å². The van der Waals surface area contributed by atoms with E-state index >= 15 is 0 Å². The first-order chi connectivity index (χ1) is 5.13. The Morgan fingerprint density at radius 2 is 2.09 bits per heavy atom. The van der Waals surface area contributed by atoms with Gasteiger partial charge in [0.25, 0.3) is 0 Å². The van der Waals surface area contributed by atoms with Crippen LogP contribution in [0.4, 0.5) is 4.39 Å². The predicted molar refractivity (Wildman–Crippen MR) is 45.8 cm³/mol. The van der Waals surface area contributed by atoms with Gasteiger partial charge in [0.1, 0.15) is 5.82 Å². The van der Waals surface area contributed by atoms with E-state index in [1.807, 2.05) is 6.07 Å². The fourth-order valence-corrected chi connectivity index (χ4v) is 0.977. The summed E-state index contributed by atoms with van der Waals surface area (Å²) in [6.07, 6.45) is 0. The smallest absolute Gasteiger partial charge is 0.133 e. The van der Waals surface area contributed by atoms with Gasteiger partial charge in [-0.2, -0.15) is 0 Å². The van der Waals surface area contributed by atoms with Gasteiger partial charge in [0.05, 0.1) is 0 Å². The minimum atomic E-state index is -0.153. The lowest BCUT2D eigenvalue weighted by Gasteiger charge is -2.03. The highest BCUT2D eigenvalue weighted by molar-refractivity contribution is 5.62. The normalized spacial score (nSPS) is 9.73. The predicted octanol–water partition coefficient (Wildman–Crippen LogP) is 3.17. The third-order valence-corrected chi connectivity index (χ3v) is 1.65. The topological polar surface area (TPSA) is 0 Å². The molecule has 0 amide bonds. The van der Waals surface area contributed by atoms with E-state index in [2.05, 4.69) is 6.58 Å². The number of rotatable bonds is 1. The molecule has 0 bridgehead atoms. The summed E-state index contributed by atoms with van der Waals surface area (Å²) in [5, 5.41) is 0. The van der Waals surface area contributed by atoms with Crippen molar-refractivity contribution in [2.75, 3.05) is 0 Å². The Kier molecular flexibility index (Phi) is 2.08. The van der Waals surface area contributed by atoms with Crippen molar-refractivity contribution in [1.82, 2.24) is 0 Å². The summed E-state index contributed by atoms with van der Waals surface area (Å²) in [6, 6.07) is 5.33. The number of hydrogen-bond acceptors (Lipinski definition) is 0. The molecule has 0 unspecified atom stereocenters. The first kappa shape index (κ1) is 7.99. The van der Waals surface area contributed by atoms with E-state index in [-0.39, 0.29) is 5.82 Å². The average molecular weight is 150 g/mol. The van der Waals surface area contributed by atoms with E-state index in [9.17, 15) is 4.39 Å². The molecule has 0 heterocycles. The van der Waals surface area contributed by atoms with Gasteiger partial charge in [-0.05, 0) is 25.0 Å². The molecule has 0 aromatic heterocycles. The molecule has 0 fully saturated rings. The third-order valence-electron chi connectivity index (χ3n) is 1.65. The SMILES string of the molecule is C=C(C)c1cccc(C)c1F. The maximum absolute atomic E-state index is 13.2. The highest BCUT2D eigenvalue weighted by Gasteiger charge is 2.03. The summed E-state index contributed by atoms with van der Waals surface area (Å²) in [5.74, 6) is -0.153. The fraction of sp³-hybridized carbons (Fsp3) is 0.200. The summed E-state index contributed by atoms with van der Waals surface area (Å²) < 4.78 is 13.2. The van der Waals surface area contributed by atoms with E-state index in [1.54, 1.807) is 26.0 Å². The summed E-state index contributed by atoms with van der Waals surface area (Å²) >= 11 is 0. The van der Waals surface area contributed by atoms with E-state index in [4.69, 9.17) is 0 Å². The lowest BCUT2D eigenvalue weighted by molar-refractivity contribution is 0.614. The molecule has 0 saturated carbocycles. The van der Waals surface area contributed by atoms with Crippen LogP contribution < -0.4 is 0 Å². The van der Waals surface area contributed by atoms with Crippen molar-refractivity contribution in [1.29, 1.82) is 0 Å². The minimum Gasteiger partial charge on any atom is -0.206 e. The van der Waals surface area contributed by atoms with E-state index in [1.165, 1.54) is 0 Å². The van der Waals surface area contributed by atoms with Gasteiger partial charge in [0.15, 0.2) is 0 Å². The number of hydrogen-bond donors (Lipinski definition) is 0. The molecule has 1 rings (SSSR count). The van der Waals surface area contributed by atoms with Gasteiger partial charge in [0.2, 0.25) is 0 Å². The van der Waals surface area contributed by atoms with Crippen molar-refractivity contribution in [3.8, 4) is 0 Å². The molecule has 0 radical (unpaired) electrons. The lowest BCUT2D eigenvalue weighted by atomic mass is 10.1. The monoisotopic (exact) mass is 150 g/mol. The van der Waals surface area contributed by atoms with Crippen molar-refractivity contribution >= 4 is 5.57 Å². The summed E-state index contributed by atoms with van der Waals surface area (Å²) in [6.45, 7) is 7.24. The van der Waals surface area contributed by atoms with E-state index < -0.39 is 0 Å². The Morgan fingerprint density at radius 3 is 2.55 bits per heavy atom. The summed E-state index contributed by atoms with van der Waals surface area (Å²) in [5.41, 5.74) is 2.06. The fourth-order valence-electron chi connectivity index (χ4n) is 0.977. The molecule has 1 aromatic carbocycles. The first-order valence-corrected chi connectivity index (χ1v) is 3.54. The van der Waals surface area contributed by atoms with Crippen LogP contribution in [0.3, 0.4) is 0 Å². The Bertz CT molecular complexity index is 287. The number of halogens is 1. The Hall–Kier alpha value is -1.11. The zero-order chi connectivity index (χ0) is 8.43. The van der Waals surface area contributed by atoms with Gasteiger partial charge in [0, 0.05) is 5.56 Å². The first-order valence-electron chi connectivity index (χ1n) is 3.54. The van der Waals surface area contributed by atoms with Gasteiger partial charge in [-0.1, -0.05) is 24.8 Å². The van der Waals surface area contributed by atoms with Crippen LogP contribution in [0.15, 0.2) is 24.8 Å². The van der Waals surface area contributed by atoms with Crippen LogP contribution in [-0.2, 0) is 0 Å². The number of allylic oxidation sites excluding steroid dienone is 1. The Labute approximate surface area is 66.4 Å². The second-order valence-corrected chi connectivity index (χ2v) is 2.72. The van der Waals surface area contributed by atoms with E-state index in [0.29, 0.717) is 11.1 Å². The molecule has 0 aliphatic carbocycles. The van der Waals surface area contributed by atoms with Crippen molar-refractivity contribution in [2.24, 2.45) is 0 Å². The Balaban J connectivity index is 3.27. The minimum absolute atomic E-state index is 0.153. The molecule has 0 N–H and O–H groups in total. The van der Waals surface area contributed by atoms with Crippen LogP contribution in [0.1, 0.15) is 18.1 Å². The standard InChI is InChI=1S/C10H11F/c1-7(2)9-6-4-5-8(3)10(9)11/h4-6H,1H2,2-3H3. The molecule has 58 valence electrons. The van der Waals surface area contributed by atoms with Crippen molar-refractivity contribution in [3.05, 3.63) is 41.7 Å². The average Bonchev–Trinajstić information content (AvgIpc) is 1.94. The maximum Gasteiger partial charge on any atom is 0.133 e. The number of benzene rings is 1. The summed E-state index contributed by atoms with van der Waals surface area (Å²) in [7, 11) is 0. The maximum atomic E-state index is 13.2. The third kappa shape index (κ3) is 1.48. The molecular formula is C10H11F. The molecule has 0 saturated heterocycles. The van der Waals surface area contributed by atoms with Crippen LogP contribution in [-0.4, -0.2) is 0 Å². The highest BCUT2D eigenvalue weighted by Crippen LogP contribution is 2.18. The molecule has 0 atom stereocenters. The molecule has 0 aliphatic heterocycles. The van der Waals surface area contributed by atoms with Gasteiger partial charge in [-0.3, -0.25) is 0 Å². The van der Waals surface area contributed by atoms with Gasteiger partial charge >= 0.3 is 0 Å². The summed E-state index contributed by atoms with van der Waals surface area (Å²) in [4.78, 5) is 0. The second kappa shape index (κ2) is 2.87. The molecule has 1 aromatic rings. The van der Waals surface area contributed by atoms with Crippen molar-refractivity contribution in [3.63, 3.8) is 0 Å². The quantitative estimate of drug-likeness (QED) is 0.576. The molecule has 0 nitrogen and oxygen atoms in total. The van der Waals surface area contributed by atoms with Crippen molar-refractivity contribution < 1.29 is 4.39 Å². The van der Waals surface area contributed by atoms with E-state index in [0.717, 1.165) is 5.57 Å². The zero-order valence-corrected chi connectivity index (χ0v) is 6.82. The second-order valence-electron chi connectivity index (χ2n) is 2.72. The largest absolute Gasteiger partial charge is 0.206 e. The highest BCUT2D eigenvalue weighted by atomic mass is 19.1. The zero-order valence-electron chi connectivity index (χ0n) is 6.82. The van der Waals surface area contributed by atoms with Gasteiger partial charge in [-0.25, -0.2) is 4.39 Å². The van der Waals surface area contributed by atoms with Crippen LogP contribution in [0.2, 0.25) is 0 Å². The molecule has 0 spiro atoms. The molecule has 11 heavy (non-hydrogen) atoms. The molecule has 0 aliphatic rings. The lowest BCUT2D eigenvalue weighted by Crippen LogP contribution is -1.88. The van der Waals surface area contributed by atoms with Crippen LogP contribution >= 0.6 is 0 Å². The molecular weight excluding hydrogens is 139 g/mol. The molecule has 1 heteroatoms. The van der Waals surface area contributed by atoms with Gasteiger partial charge < -0.3 is 0 Å².